The summed E-state index contributed by atoms with van der Waals surface area (Å²) in [6.45, 7) is 13.7. The van der Waals surface area contributed by atoms with Gasteiger partial charge in [-0.15, -0.1) is 0 Å². The van der Waals surface area contributed by atoms with Gasteiger partial charge in [0.15, 0.2) is 0 Å². The summed E-state index contributed by atoms with van der Waals surface area (Å²) in [5.74, 6) is 0. The van der Waals surface area contributed by atoms with E-state index in [0.717, 1.165) is 6.42 Å². The largest absolute Gasteiger partial charge is 2.00 e. The summed E-state index contributed by atoms with van der Waals surface area (Å²) in [5.41, 5.74) is 9.73. The second kappa shape index (κ2) is 11.7. The van der Waals surface area contributed by atoms with Crippen LogP contribution in [0.25, 0.3) is 0 Å². The Morgan fingerprint density at radius 1 is 0.783 bits per heavy atom. The molecule has 0 nitrogen and oxygen atoms in total. The fraction of sp³-hybridized carbons (Fsp3) is 0.545. The van der Waals surface area contributed by atoms with Crippen LogP contribution in [0, 0.1) is 0 Å². The van der Waals surface area contributed by atoms with Gasteiger partial charge in [-0.1, -0.05) is 80.1 Å². The smallest absolute Gasteiger partial charge is 0.213 e. The van der Waals surface area contributed by atoms with Crippen LogP contribution in [-0.2, 0) is 55.6 Å². The molecule has 2 aromatic carbocycles. The molecule has 0 fully saturated rings. The summed E-state index contributed by atoms with van der Waals surface area (Å²) in [5, 5.41) is 0. The Hall–Kier alpha value is -0.781. The van der Waals surface area contributed by atoms with E-state index < -0.39 is 0 Å². The SMILES string of the molecule is CCc1c(CC)c(CC)[c-](CC)c1CC.CCc1ccc[cH-]1.[Fe+2]. The predicted molar refractivity (Wildman–Crippen MR) is 100 cm³/mol. The van der Waals surface area contributed by atoms with Gasteiger partial charge >= 0.3 is 17.1 Å². The van der Waals surface area contributed by atoms with Crippen LogP contribution in [0.3, 0.4) is 0 Å². The Bertz CT molecular complexity index is 437. The Balaban J connectivity index is 0.000000509. The third kappa shape index (κ3) is 5.37. The van der Waals surface area contributed by atoms with E-state index in [1.165, 1.54) is 37.7 Å². The van der Waals surface area contributed by atoms with Gasteiger partial charge in [-0.25, -0.2) is 12.1 Å². The Morgan fingerprint density at radius 3 is 1.52 bits per heavy atom. The van der Waals surface area contributed by atoms with Crippen molar-refractivity contribution in [2.45, 2.75) is 80.1 Å². The van der Waals surface area contributed by atoms with Crippen LogP contribution in [0.5, 0.6) is 0 Å². The molecule has 2 rings (SSSR count). The molecule has 0 radical (unpaired) electrons. The molecule has 23 heavy (non-hydrogen) atoms. The van der Waals surface area contributed by atoms with Crippen LogP contribution >= 0.6 is 0 Å². The summed E-state index contributed by atoms with van der Waals surface area (Å²) in [6.07, 6.45) is 7.20. The van der Waals surface area contributed by atoms with Crippen LogP contribution in [0.1, 0.15) is 74.9 Å². The molecular formula is C22H34Fe. The average molecular weight is 354 g/mol. The summed E-state index contributed by atoms with van der Waals surface area (Å²) >= 11 is 0. The molecule has 0 aliphatic heterocycles. The molecule has 0 atom stereocenters. The first-order valence-corrected chi connectivity index (χ1v) is 9.19. The zero-order valence-electron chi connectivity index (χ0n) is 15.9. The first-order chi connectivity index (χ1) is 10.7. The zero-order chi connectivity index (χ0) is 16.5. The number of hydrogen-bond acceptors (Lipinski definition) is 0. The molecule has 0 saturated carbocycles. The van der Waals surface area contributed by atoms with Gasteiger partial charge in [-0.3, -0.25) is 0 Å². The number of rotatable bonds is 6. The third-order valence-electron chi connectivity index (χ3n) is 4.73. The maximum Gasteiger partial charge on any atom is 2.00 e. The van der Waals surface area contributed by atoms with Crippen LogP contribution < -0.4 is 0 Å². The minimum absolute atomic E-state index is 0. The molecular weight excluding hydrogens is 320 g/mol. The van der Waals surface area contributed by atoms with Gasteiger partial charge in [0, 0.05) is 0 Å². The molecule has 0 aliphatic carbocycles. The molecule has 0 unspecified atom stereocenters. The molecule has 0 aliphatic rings. The summed E-state index contributed by atoms with van der Waals surface area (Å²) in [6, 6.07) is 8.41. The van der Waals surface area contributed by atoms with Crippen molar-refractivity contribution in [3.8, 4) is 0 Å². The standard InChI is InChI=1S/C15H25.C7H9.Fe/c1-6-11-12(7-2)14(9-4)15(10-5)13(11)8-3;1-2-7-5-3-4-6-7;/h6-10H2,1-5H3;3-6H,2H2,1H3;/q2*-1;+2. The van der Waals surface area contributed by atoms with Gasteiger partial charge in [0.05, 0.1) is 0 Å². The first-order valence-electron chi connectivity index (χ1n) is 9.19. The second-order valence-corrected chi connectivity index (χ2v) is 5.81. The summed E-state index contributed by atoms with van der Waals surface area (Å²) in [7, 11) is 0. The Kier molecular flexibility index (Phi) is 11.3. The van der Waals surface area contributed by atoms with Crippen LogP contribution in [0.15, 0.2) is 24.3 Å². The van der Waals surface area contributed by atoms with Crippen molar-refractivity contribution in [2.24, 2.45) is 0 Å². The normalized spacial score (nSPS) is 10.0. The number of hydrogen-bond donors (Lipinski definition) is 0. The topological polar surface area (TPSA) is 0 Å². The van der Waals surface area contributed by atoms with Crippen molar-refractivity contribution in [2.75, 3.05) is 0 Å². The van der Waals surface area contributed by atoms with Crippen molar-refractivity contribution < 1.29 is 17.1 Å². The predicted octanol–water partition coefficient (Wildman–Crippen LogP) is 6.18. The van der Waals surface area contributed by atoms with E-state index >= 15 is 0 Å². The molecule has 130 valence electrons. The molecule has 0 saturated heterocycles. The van der Waals surface area contributed by atoms with Gasteiger partial charge in [-0.2, -0.15) is 45.5 Å². The molecule has 0 spiro atoms. The van der Waals surface area contributed by atoms with Crippen molar-refractivity contribution in [3.05, 3.63) is 57.6 Å². The van der Waals surface area contributed by atoms with E-state index in [4.69, 9.17) is 0 Å². The summed E-state index contributed by atoms with van der Waals surface area (Å²) in [4.78, 5) is 0. The minimum Gasteiger partial charge on any atom is -0.213 e. The fourth-order valence-corrected chi connectivity index (χ4v) is 3.69. The van der Waals surface area contributed by atoms with E-state index in [0.29, 0.717) is 0 Å². The fourth-order valence-electron chi connectivity index (χ4n) is 3.69. The van der Waals surface area contributed by atoms with Gasteiger partial charge < -0.3 is 0 Å². The van der Waals surface area contributed by atoms with Gasteiger partial charge in [0.25, 0.3) is 0 Å². The Labute approximate surface area is 154 Å². The molecule has 0 aromatic heterocycles. The van der Waals surface area contributed by atoms with E-state index in [1.54, 1.807) is 27.8 Å². The van der Waals surface area contributed by atoms with E-state index in [2.05, 4.69) is 65.8 Å². The van der Waals surface area contributed by atoms with Gasteiger partial charge in [0.1, 0.15) is 0 Å². The number of aryl methyl sites for hydroxylation is 1. The van der Waals surface area contributed by atoms with Crippen LogP contribution in [-0.4, -0.2) is 0 Å². The van der Waals surface area contributed by atoms with Gasteiger partial charge in [-0.05, 0) is 0 Å². The first kappa shape index (κ1) is 22.2. The van der Waals surface area contributed by atoms with Crippen molar-refractivity contribution >= 4 is 0 Å². The minimum atomic E-state index is 0. The molecule has 1 heteroatoms. The average Bonchev–Trinajstić information content (AvgIpc) is 3.18. The van der Waals surface area contributed by atoms with Crippen molar-refractivity contribution in [3.63, 3.8) is 0 Å². The van der Waals surface area contributed by atoms with E-state index in [1.807, 2.05) is 0 Å². The molecule has 0 N–H and O–H groups in total. The van der Waals surface area contributed by atoms with Crippen molar-refractivity contribution in [1.29, 1.82) is 0 Å². The second-order valence-electron chi connectivity index (χ2n) is 5.81. The van der Waals surface area contributed by atoms with Gasteiger partial charge in [0.2, 0.25) is 0 Å². The Morgan fingerprint density at radius 2 is 1.30 bits per heavy atom. The maximum atomic E-state index is 2.30. The third-order valence-corrected chi connectivity index (χ3v) is 4.73. The van der Waals surface area contributed by atoms with Crippen molar-refractivity contribution in [1.82, 2.24) is 0 Å². The van der Waals surface area contributed by atoms with E-state index in [-0.39, 0.29) is 17.1 Å². The maximum absolute atomic E-state index is 2.30. The monoisotopic (exact) mass is 354 g/mol. The van der Waals surface area contributed by atoms with E-state index in [9.17, 15) is 0 Å². The van der Waals surface area contributed by atoms with Crippen LogP contribution in [0.4, 0.5) is 0 Å². The molecule has 0 bridgehead atoms. The molecule has 0 amide bonds. The zero-order valence-corrected chi connectivity index (χ0v) is 17.0. The summed E-state index contributed by atoms with van der Waals surface area (Å²) < 4.78 is 0. The molecule has 2 aromatic rings. The van der Waals surface area contributed by atoms with Crippen LogP contribution in [0.2, 0.25) is 0 Å². The quantitative estimate of drug-likeness (QED) is 0.429. The molecule has 0 heterocycles.